The molecule has 0 aromatic heterocycles. The molecule has 5 rings (SSSR count). The molecule has 0 aromatic carbocycles. The molecular weight excluding hydrogens is 539 g/mol. The van der Waals surface area contributed by atoms with Gasteiger partial charge in [0.1, 0.15) is 23.5 Å². The van der Waals surface area contributed by atoms with E-state index >= 15 is 0 Å². The summed E-state index contributed by atoms with van der Waals surface area (Å²) in [6.07, 6.45) is -2.50. The Balaban J connectivity index is 1.33. The van der Waals surface area contributed by atoms with Gasteiger partial charge >= 0.3 is 6.18 Å². The summed E-state index contributed by atoms with van der Waals surface area (Å²) < 4.78 is 41.6. The van der Waals surface area contributed by atoms with E-state index in [1.807, 2.05) is 13.8 Å². The van der Waals surface area contributed by atoms with Crippen molar-refractivity contribution in [2.45, 2.75) is 109 Å². The van der Waals surface area contributed by atoms with E-state index in [9.17, 15) is 37.6 Å². The lowest BCUT2D eigenvalue weighted by Crippen LogP contribution is -2.63. The van der Waals surface area contributed by atoms with Crippen molar-refractivity contribution in [1.82, 2.24) is 20.9 Å². The van der Waals surface area contributed by atoms with Gasteiger partial charge in [-0.2, -0.15) is 18.4 Å². The maximum absolute atomic E-state index is 14.0. The van der Waals surface area contributed by atoms with Crippen LogP contribution in [0.15, 0.2) is 0 Å². The van der Waals surface area contributed by atoms with Gasteiger partial charge in [-0.05, 0) is 61.2 Å². The molecule has 6 atom stereocenters. The average molecular weight is 580 g/mol. The fourth-order valence-electron chi connectivity index (χ4n) is 7.40. The van der Waals surface area contributed by atoms with Gasteiger partial charge in [0.05, 0.1) is 6.07 Å². The van der Waals surface area contributed by atoms with Crippen LogP contribution in [0.3, 0.4) is 0 Å². The lowest BCUT2D eigenvalue weighted by atomic mass is 9.67. The molecule has 0 aromatic rings. The number of nitrogens with zero attached hydrogens (tertiary/aromatic N) is 2. The summed E-state index contributed by atoms with van der Waals surface area (Å²) in [4.78, 5) is 54.5. The summed E-state index contributed by atoms with van der Waals surface area (Å²) in [5.74, 6) is -3.03. The number of hydrogen-bond donors (Lipinski definition) is 3. The summed E-state index contributed by atoms with van der Waals surface area (Å²) >= 11 is 0. The van der Waals surface area contributed by atoms with Gasteiger partial charge in [0, 0.05) is 18.0 Å². The number of fused-ring (bicyclic) bond motifs is 1. The monoisotopic (exact) mass is 579 g/mol. The molecule has 41 heavy (non-hydrogen) atoms. The van der Waals surface area contributed by atoms with E-state index < -0.39 is 52.9 Å². The van der Waals surface area contributed by atoms with E-state index in [0.29, 0.717) is 6.42 Å². The Labute approximate surface area is 238 Å². The van der Waals surface area contributed by atoms with Crippen LogP contribution in [0.1, 0.15) is 79.6 Å². The molecule has 3 aliphatic carbocycles. The highest BCUT2D eigenvalue weighted by Gasteiger charge is 2.70. The van der Waals surface area contributed by atoms with E-state index in [0.717, 1.165) is 12.8 Å². The zero-order chi connectivity index (χ0) is 30.3. The third-order valence-corrected chi connectivity index (χ3v) is 10.6. The minimum absolute atomic E-state index is 0.00235. The molecule has 2 heterocycles. The van der Waals surface area contributed by atoms with Crippen molar-refractivity contribution in [2.24, 2.45) is 34.0 Å². The molecule has 2 aliphatic heterocycles. The second-order valence-corrected chi connectivity index (χ2v) is 14.7. The van der Waals surface area contributed by atoms with Crippen LogP contribution in [-0.2, 0) is 19.2 Å². The molecule has 4 amide bonds. The van der Waals surface area contributed by atoms with Gasteiger partial charge in [-0.3, -0.25) is 19.2 Å². The fourth-order valence-corrected chi connectivity index (χ4v) is 7.40. The Morgan fingerprint density at radius 2 is 1.76 bits per heavy atom. The summed E-state index contributed by atoms with van der Waals surface area (Å²) in [5, 5.41) is 18.0. The van der Waals surface area contributed by atoms with Gasteiger partial charge in [0.2, 0.25) is 23.6 Å². The molecule has 5 fully saturated rings. The second-order valence-electron chi connectivity index (χ2n) is 14.7. The van der Waals surface area contributed by atoms with Crippen LogP contribution in [0.4, 0.5) is 13.2 Å². The van der Waals surface area contributed by atoms with Gasteiger partial charge in [0.15, 0.2) is 0 Å². The standard InChI is InChI=1S/C29H40F3N5O4/c1-25(2,3)20(35-24(41)28(7-6-8-28)29(30,31)32)23(40)37-14-17-18(26(17,4)5)19(37)22(39)34-16(13-33)11-15-12-27(9-10-27)36-21(15)38/h15-20H,6-12,14H2,1-5H3,(H,34,39)(H,35,41)(H,36,38)/t15-,16+,17+,18+,19+,20-/m1/s1. The molecule has 0 bridgehead atoms. The highest BCUT2D eigenvalue weighted by atomic mass is 19.4. The second kappa shape index (κ2) is 9.33. The predicted octanol–water partition coefficient (Wildman–Crippen LogP) is 2.80. The average Bonchev–Trinajstić information content (AvgIpc) is 3.53. The van der Waals surface area contributed by atoms with Crippen LogP contribution in [0.25, 0.3) is 0 Å². The number of amides is 4. The van der Waals surface area contributed by atoms with E-state index in [1.54, 1.807) is 20.8 Å². The maximum atomic E-state index is 14.0. The van der Waals surface area contributed by atoms with Gasteiger partial charge in [-0.1, -0.05) is 41.0 Å². The number of likely N-dealkylation sites (tertiary alicyclic amines) is 1. The van der Waals surface area contributed by atoms with Gasteiger partial charge in [0.25, 0.3) is 0 Å². The summed E-state index contributed by atoms with van der Waals surface area (Å²) in [6.45, 7) is 9.22. The number of nitriles is 1. The van der Waals surface area contributed by atoms with E-state index in [-0.39, 0.29) is 66.8 Å². The fraction of sp³-hybridized carbons (Fsp3) is 0.828. The first-order valence-corrected chi connectivity index (χ1v) is 14.6. The van der Waals surface area contributed by atoms with Crippen molar-refractivity contribution in [3.8, 4) is 6.07 Å². The van der Waals surface area contributed by atoms with Gasteiger partial charge < -0.3 is 20.9 Å². The van der Waals surface area contributed by atoms with E-state index in [2.05, 4.69) is 22.0 Å². The number of carbonyl (C=O) groups excluding carboxylic acids is 4. The first kappa shape index (κ1) is 29.6. The molecule has 3 saturated carbocycles. The first-order chi connectivity index (χ1) is 18.9. The minimum Gasteiger partial charge on any atom is -0.350 e. The lowest BCUT2D eigenvalue weighted by molar-refractivity contribution is -0.243. The third kappa shape index (κ3) is 4.87. The van der Waals surface area contributed by atoms with Crippen molar-refractivity contribution in [3.05, 3.63) is 0 Å². The quantitative estimate of drug-likeness (QED) is 0.427. The third-order valence-electron chi connectivity index (χ3n) is 10.6. The molecule has 0 unspecified atom stereocenters. The van der Waals surface area contributed by atoms with Crippen LogP contribution in [0.5, 0.6) is 0 Å². The number of carbonyl (C=O) groups is 4. The molecule has 1 spiro atoms. The van der Waals surface area contributed by atoms with Gasteiger partial charge in [-0.25, -0.2) is 0 Å². The van der Waals surface area contributed by atoms with E-state index in [1.165, 1.54) is 4.90 Å². The van der Waals surface area contributed by atoms with Crippen molar-refractivity contribution in [1.29, 1.82) is 5.26 Å². The van der Waals surface area contributed by atoms with Crippen LogP contribution in [0, 0.1) is 45.3 Å². The summed E-state index contributed by atoms with van der Waals surface area (Å²) in [7, 11) is 0. The molecule has 12 heteroatoms. The minimum atomic E-state index is -4.73. The first-order valence-electron chi connectivity index (χ1n) is 14.6. The van der Waals surface area contributed by atoms with Crippen molar-refractivity contribution in [3.63, 3.8) is 0 Å². The highest BCUT2D eigenvalue weighted by molar-refractivity contribution is 5.95. The van der Waals surface area contributed by atoms with Crippen LogP contribution in [-0.4, -0.2) is 64.9 Å². The topological polar surface area (TPSA) is 131 Å². The van der Waals surface area contributed by atoms with Crippen LogP contribution in [0.2, 0.25) is 0 Å². The number of piperidine rings is 1. The summed E-state index contributed by atoms with van der Waals surface area (Å²) in [6, 6.07) is -1.07. The molecule has 226 valence electrons. The number of rotatable bonds is 7. The highest BCUT2D eigenvalue weighted by Crippen LogP contribution is 2.65. The molecule has 0 radical (unpaired) electrons. The SMILES string of the molecule is CC(C)(C)[C@H](NC(=O)C1(C(F)(F)F)CCC1)C(=O)N1C[C@H]2[C@@H]([C@H]1C(=O)N[C@H](C#N)C[C@@H]1CC3(CC3)NC1=O)C2(C)C. The maximum Gasteiger partial charge on any atom is 0.403 e. The largest absolute Gasteiger partial charge is 0.403 e. The van der Waals surface area contributed by atoms with Gasteiger partial charge in [-0.15, -0.1) is 0 Å². The Morgan fingerprint density at radius 1 is 1.12 bits per heavy atom. The van der Waals surface area contributed by atoms with Crippen molar-refractivity contribution in [2.75, 3.05) is 6.54 Å². The van der Waals surface area contributed by atoms with E-state index in [4.69, 9.17) is 0 Å². The number of nitrogens with one attached hydrogen (secondary N) is 3. The molecule has 9 nitrogen and oxygen atoms in total. The molecular formula is C29H40F3N5O4. The molecule has 2 saturated heterocycles. The Morgan fingerprint density at radius 3 is 2.22 bits per heavy atom. The normalized spacial score (nSPS) is 31.7. The smallest absolute Gasteiger partial charge is 0.350 e. The number of halogens is 3. The van der Waals surface area contributed by atoms with Crippen LogP contribution >= 0.6 is 0 Å². The number of alkyl halides is 3. The zero-order valence-corrected chi connectivity index (χ0v) is 24.3. The van der Waals surface area contributed by atoms with Crippen LogP contribution < -0.4 is 16.0 Å². The number of hydrogen-bond acceptors (Lipinski definition) is 5. The zero-order valence-electron chi connectivity index (χ0n) is 24.3. The lowest BCUT2D eigenvalue weighted by Gasteiger charge is -2.44. The predicted molar refractivity (Wildman–Crippen MR) is 140 cm³/mol. The van der Waals surface area contributed by atoms with Crippen molar-refractivity contribution >= 4 is 23.6 Å². The summed E-state index contributed by atoms with van der Waals surface area (Å²) in [5.41, 5.74) is -3.84. The molecule has 5 aliphatic rings. The Kier molecular flexibility index (Phi) is 6.75. The van der Waals surface area contributed by atoms with Crippen molar-refractivity contribution < 1.29 is 32.3 Å². The Bertz CT molecular complexity index is 1190. The Hall–Kier alpha value is -2.84. The molecule has 3 N–H and O–H groups in total.